The third kappa shape index (κ3) is 1.94. The zero-order chi connectivity index (χ0) is 7.78. The van der Waals surface area contributed by atoms with Gasteiger partial charge in [-0.2, -0.15) is 0 Å². The Bertz CT molecular complexity index is 110. The molecule has 60 valence electrons. The van der Waals surface area contributed by atoms with Gasteiger partial charge in [0.1, 0.15) is 5.67 Å². The van der Waals surface area contributed by atoms with Crippen LogP contribution in [0.2, 0.25) is 0 Å². The average molecular weight is 145 g/mol. The lowest BCUT2D eigenvalue weighted by Gasteiger charge is -2.36. The summed E-state index contributed by atoms with van der Waals surface area (Å²) in [6.45, 7) is 5.43. The average Bonchev–Trinajstić information content (AvgIpc) is 1.54. The highest BCUT2D eigenvalue weighted by Crippen LogP contribution is 2.26. The Balaban J connectivity index is 2.51. The maximum absolute atomic E-state index is 13.3. The molecule has 0 aliphatic carbocycles. The molecule has 0 aromatic rings. The van der Waals surface area contributed by atoms with Gasteiger partial charge in [-0.1, -0.05) is 6.92 Å². The highest BCUT2D eigenvalue weighted by atomic mass is 19.1. The third-order valence-electron chi connectivity index (χ3n) is 2.00. The number of hydrogen-bond acceptors (Lipinski definition) is 1. The summed E-state index contributed by atoms with van der Waals surface area (Å²) >= 11 is 0. The predicted octanol–water partition coefficient (Wildman–Crippen LogP) is 1.69. The minimum absolute atomic E-state index is 0.508. The minimum atomic E-state index is -0.952. The third-order valence-corrected chi connectivity index (χ3v) is 2.00. The number of halogens is 1. The molecule has 2 atom stereocenters. The summed E-state index contributed by atoms with van der Waals surface area (Å²) in [4.78, 5) is 2.06. The first-order valence-corrected chi connectivity index (χ1v) is 3.87. The zero-order valence-electron chi connectivity index (χ0n) is 7.02. The fourth-order valence-electron chi connectivity index (χ4n) is 2.02. The number of hydrogen-bond donors (Lipinski definition) is 0. The van der Waals surface area contributed by atoms with Crippen molar-refractivity contribution in [2.24, 2.45) is 5.92 Å². The van der Waals surface area contributed by atoms with Crippen LogP contribution in [0.4, 0.5) is 4.39 Å². The zero-order valence-corrected chi connectivity index (χ0v) is 7.02. The molecule has 1 heterocycles. The van der Waals surface area contributed by atoms with Crippen molar-refractivity contribution in [3.05, 3.63) is 0 Å². The van der Waals surface area contributed by atoms with Gasteiger partial charge in [-0.3, -0.25) is 0 Å². The minimum Gasteiger partial charge on any atom is -0.303 e. The van der Waals surface area contributed by atoms with Crippen LogP contribution < -0.4 is 0 Å². The number of nitrogens with zero attached hydrogens (tertiary/aromatic N) is 1. The van der Waals surface area contributed by atoms with Crippen LogP contribution in [0.25, 0.3) is 0 Å². The first-order valence-electron chi connectivity index (χ1n) is 3.87. The van der Waals surface area contributed by atoms with Gasteiger partial charge in [-0.25, -0.2) is 4.39 Å². The first kappa shape index (κ1) is 7.99. The van der Waals surface area contributed by atoms with Crippen molar-refractivity contribution in [2.45, 2.75) is 25.9 Å². The van der Waals surface area contributed by atoms with E-state index < -0.39 is 5.67 Å². The molecule has 0 bridgehead atoms. The Kier molecular flexibility index (Phi) is 1.99. The molecule has 10 heavy (non-hydrogen) atoms. The molecule has 1 unspecified atom stereocenters. The smallest absolute Gasteiger partial charge is 0.121 e. The largest absolute Gasteiger partial charge is 0.303 e. The first-order chi connectivity index (χ1) is 4.49. The fourth-order valence-corrected chi connectivity index (χ4v) is 2.02. The summed E-state index contributed by atoms with van der Waals surface area (Å²) in [5, 5.41) is 0. The molecule has 1 rings (SSSR count). The standard InChI is InChI=1S/C8H16FN/c1-7-4-8(2,9)6-10(3)5-7/h7H,4-6H2,1-3H3/t7-,8?/m1/s1. The Morgan fingerprint density at radius 1 is 1.60 bits per heavy atom. The van der Waals surface area contributed by atoms with Crippen LogP contribution in [0.5, 0.6) is 0 Å². The van der Waals surface area contributed by atoms with Crippen LogP contribution in [0.15, 0.2) is 0 Å². The molecular weight excluding hydrogens is 129 g/mol. The fraction of sp³-hybridized carbons (Fsp3) is 1.00. The second-order valence-corrected chi connectivity index (χ2v) is 3.92. The van der Waals surface area contributed by atoms with Crippen molar-refractivity contribution in [2.75, 3.05) is 20.1 Å². The van der Waals surface area contributed by atoms with Gasteiger partial charge in [0.25, 0.3) is 0 Å². The maximum atomic E-state index is 13.3. The molecule has 0 aromatic carbocycles. The van der Waals surface area contributed by atoms with Gasteiger partial charge in [0.15, 0.2) is 0 Å². The second kappa shape index (κ2) is 2.50. The van der Waals surface area contributed by atoms with E-state index in [9.17, 15) is 4.39 Å². The van der Waals surface area contributed by atoms with Crippen LogP contribution in [-0.4, -0.2) is 30.7 Å². The number of likely N-dealkylation sites (tertiary alicyclic amines) is 1. The van der Waals surface area contributed by atoms with Crippen LogP contribution in [0, 0.1) is 5.92 Å². The van der Waals surface area contributed by atoms with Gasteiger partial charge in [-0.05, 0) is 26.3 Å². The van der Waals surface area contributed by atoms with Crippen molar-refractivity contribution in [1.82, 2.24) is 4.90 Å². The van der Waals surface area contributed by atoms with Crippen LogP contribution in [0.3, 0.4) is 0 Å². The van der Waals surface area contributed by atoms with Gasteiger partial charge < -0.3 is 4.90 Å². The van der Waals surface area contributed by atoms with E-state index in [4.69, 9.17) is 0 Å². The number of piperidine rings is 1. The van der Waals surface area contributed by atoms with E-state index in [0.29, 0.717) is 12.5 Å². The van der Waals surface area contributed by atoms with Crippen molar-refractivity contribution in [3.63, 3.8) is 0 Å². The molecular formula is C8H16FN. The Labute approximate surface area is 62.2 Å². The molecule has 1 fully saturated rings. The SMILES string of the molecule is C[C@H]1CN(C)CC(C)(F)C1. The van der Waals surface area contributed by atoms with Crippen LogP contribution >= 0.6 is 0 Å². The second-order valence-electron chi connectivity index (χ2n) is 3.92. The van der Waals surface area contributed by atoms with E-state index >= 15 is 0 Å². The van der Waals surface area contributed by atoms with Crippen LogP contribution in [-0.2, 0) is 0 Å². The molecule has 1 aliphatic rings. The van der Waals surface area contributed by atoms with Gasteiger partial charge in [0, 0.05) is 13.1 Å². The molecule has 1 saturated heterocycles. The molecule has 1 aliphatic heterocycles. The van der Waals surface area contributed by atoms with Gasteiger partial charge >= 0.3 is 0 Å². The summed E-state index contributed by atoms with van der Waals surface area (Å²) in [7, 11) is 1.98. The quantitative estimate of drug-likeness (QED) is 0.501. The van der Waals surface area contributed by atoms with E-state index in [1.54, 1.807) is 6.92 Å². The Morgan fingerprint density at radius 3 is 2.60 bits per heavy atom. The Hall–Kier alpha value is -0.110. The lowest BCUT2D eigenvalue weighted by atomic mass is 9.90. The van der Waals surface area contributed by atoms with Crippen molar-refractivity contribution >= 4 is 0 Å². The highest BCUT2D eigenvalue weighted by Gasteiger charge is 2.32. The van der Waals surface area contributed by atoms with E-state index in [0.717, 1.165) is 13.0 Å². The summed E-state index contributed by atoms with van der Waals surface area (Å²) in [5.74, 6) is 0.508. The summed E-state index contributed by atoms with van der Waals surface area (Å²) in [6, 6.07) is 0. The molecule has 0 radical (unpaired) electrons. The number of alkyl halides is 1. The molecule has 1 nitrogen and oxygen atoms in total. The lowest BCUT2D eigenvalue weighted by molar-refractivity contribution is 0.0464. The van der Waals surface area contributed by atoms with E-state index in [1.807, 2.05) is 7.05 Å². The Morgan fingerprint density at radius 2 is 2.20 bits per heavy atom. The monoisotopic (exact) mass is 145 g/mol. The number of rotatable bonds is 0. The molecule has 0 saturated carbocycles. The van der Waals surface area contributed by atoms with Crippen molar-refractivity contribution < 1.29 is 4.39 Å². The maximum Gasteiger partial charge on any atom is 0.121 e. The molecule has 0 spiro atoms. The molecule has 0 aromatic heterocycles. The van der Waals surface area contributed by atoms with E-state index in [-0.39, 0.29) is 0 Å². The van der Waals surface area contributed by atoms with Gasteiger partial charge in [0.2, 0.25) is 0 Å². The predicted molar refractivity (Wildman–Crippen MR) is 40.8 cm³/mol. The lowest BCUT2D eigenvalue weighted by Crippen LogP contribution is -2.44. The normalized spacial score (nSPS) is 43.8. The van der Waals surface area contributed by atoms with Crippen LogP contribution in [0.1, 0.15) is 20.3 Å². The van der Waals surface area contributed by atoms with Gasteiger partial charge in [-0.15, -0.1) is 0 Å². The summed E-state index contributed by atoms with van der Waals surface area (Å²) < 4.78 is 13.3. The summed E-state index contributed by atoms with van der Waals surface area (Å²) in [6.07, 6.45) is 0.720. The van der Waals surface area contributed by atoms with E-state index in [1.165, 1.54) is 0 Å². The molecule has 2 heteroatoms. The van der Waals surface area contributed by atoms with Gasteiger partial charge in [0.05, 0.1) is 0 Å². The van der Waals surface area contributed by atoms with Crippen molar-refractivity contribution in [1.29, 1.82) is 0 Å². The highest BCUT2D eigenvalue weighted by molar-refractivity contribution is 4.84. The summed E-state index contributed by atoms with van der Waals surface area (Å²) in [5.41, 5.74) is -0.952. The van der Waals surface area contributed by atoms with E-state index in [2.05, 4.69) is 11.8 Å². The topological polar surface area (TPSA) is 3.24 Å². The molecule has 0 N–H and O–H groups in total. The van der Waals surface area contributed by atoms with Crippen molar-refractivity contribution in [3.8, 4) is 0 Å². The molecule has 0 amide bonds.